The standard InChI is InChI=1S/C20H20N2O3S/c1-14-4-6-15(7-5-14)19(23)13-18(20-3-2-12-26-20)21-16-8-10-17(11-9-16)22(24)25/h2-12,18-19,21,23H,13H2,1H3/t18-,19+/m1/s1. The molecule has 3 aromatic rings. The minimum atomic E-state index is -0.603. The first kappa shape index (κ1) is 18.1. The molecule has 0 aliphatic rings. The molecule has 0 unspecified atom stereocenters. The van der Waals surface area contributed by atoms with Gasteiger partial charge in [-0.3, -0.25) is 10.1 Å². The molecule has 1 aromatic heterocycles. The van der Waals surface area contributed by atoms with Crippen LogP contribution in [0.3, 0.4) is 0 Å². The summed E-state index contributed by atoms with van der Waals surface area (Å²) in [5.74, 6) is 0. The van der Waals surface area contributed by atoms with Gasteiger partial charge in [-0.15, -0.1) is 11.3 Å². The summed E-state index contributed by atoms with van der Waals surface area (Å²) in [7, 11) is 0. The number of aryl methyl sites for hydroxylation is 1. The van der Waals surface area contributed by atoms with Gasteiger partial charge in [0.05, 0.1) is 17.1 Å². The molecule has 0 radical (unpaired) electrons. The van der Waals surface area contributed by atoms with Crippen LogP contribution in [0, 0.1) is 17.0 Å². The summed E-state index contributed by atoms with van der Waals surface area (Å²) in [5, 5.41) is 26.8. The summed E-state index contributed by atoms with van der Waals surface area (Å²) in [4.78, 5) is 11.5. The molecule has 134 valence electrons. The first-order chi connectivity index (χ1) is 12.5. The summed E-state index contributed by atoms with van der Waals surface area (Å²) in [6.07, 6.45) is -0.103. The van der Waals surface area contributed by atoms with Gasteiger partial charge >= 0.3 is 0 Å². The van der Waals surface area contributed by atoms with Gasteiger partial charge in [0.25, 0.3) is 5.69 Å². The first-order valence-corrected chi connectivity index (χ1v) is 9.20. The van der Waals surface area contributed by atoms with Crippen LogP contribution in [0.25, 0.3) is 0 Å². The number of nitrogens with zero attached hydrogens (tertiary/aromatic N) is 1. The average Bonchev–Trinajstić information content (AvgIpc) is 3.16. The van der Waals surface area contributed by atoms with Crippen LogP contribution in [-0.4, -0.2) is 10.0 Å². The maximum Gasteiger partial charge on any atom is 0.269 e. The fraction of sp³-hybridized carbons (Fsp3) is 0.200. The van der Waals surface area contributed by atoms with Crippen LogP contribution in [0.5, 0.6) is 0 Å². The van der Waals surface area contributed by atoms with Crippen molar-refractivity contribution in [3.63, 3.8) is 0 Å². The quantitative estimate of drug-likeness (QED) is 0.442. The van der Waals surface area contributed by atoms with Crippen molar-refractivity contribution in [2.45, 2.75) is 25.5 Å². The highest BCUT2D eigenvalue weighted by atomic mass is 32.1. The number of nitrogens with one attached hydrogen (secondary N) is 1. The van der Waals surface area contributed by atoms with Crippen LogP contribution in [-0.2, 0) is 0 Å². The van der Waals surface area contributed by atoms with E-state index < -0.39 is 11.0 Å². The number of nitro groups is 1. The number of non-ortho nitro benzene ring substituents is 1. The van der Waals surface area contributed by atoms with E-state index in [9.17, 15) is 15.2 Å². The van der Waals surface area contributed by atoms with E-state index in [1.54, 1.807) is 23.5 Å². The molecule has 0 amide bonds. The van der Waals surface area contributed by atoms with Gasteiger partial charge in [0.1, 0.15) is 0 Å². The molecule has 0 bridgehead atoms. The number of rotatable bonds is 7. The number of benzene rings is 2. The Hall–Kier alpha value is -2.70. The van der Waals surface area contributed by atoms with Crippen molar-refractivity contribution in [3.8, 4) is 0 Å². The molecule has 0 fully saturated rings. The van der Waals surface area contributed by atoms with Gasteiger partial charge in [0.2, 0.25) is 0 Å². The molecule has 2 atom stereocenters. The number of anilines is 1. The summed E-state index contributed by atoms with van der Waals surface area (Å²) < 4.78 is 0. The molecular formula is C20H20N2O3S. The van der Waals surface area contributed by atoms with Gasteiger partial charge in [0.15, 0.2) is 0 Å². The topological polar surface area (TPSA) is 75.4 Å². The van der Waals surface area contributed by atoms with Gasteiger partial charge in [-0.2, -0.15) is 0 Å². The molecule has 1 heterocycles. The Labute approximate surface area is 156 Å². The van der Waals surface area contributed by atoms with Crippen molar-refractivity contribution in [2.75, 3.05) is 5.32 Å². The summed E-state index contributed by atoms with van der Waals surface area (Å²) >= 11 is 1.62. The van der Waals surface area contributed by atoms with Crippen LogP contribution in [0.1, 0.15) is 34.6 Å². The summed E-state index contributed by atoms with van der Waals surface area (Å²) in [5.41, 5.74) is 2.87. The van der Waals surface area contributed by atoms with Crippen molar-refractivity contribution >= 4 is 22.7 Å². The second-order valence-electron chi connectivity index (χ2n) is 6.18. The Balaban J connectivity index is 1.77. The van der Waals surface area contributed by atoms with E-state index in [0.717, 1.165) is 21.7 Å². The normalized spacial score (nSPS) is 13.2. The van der Waals surface area contributed by atoms with E-state index in [1.807, 2.05) is 48.7 Å². The maximum absolute atomic E-state index is 10.8. The molecule has 0 aliphatic carbocycles. The fourth-order valence-corrected chi connectivity index (χ4v) is 3.56. The fourth-order valence-electron chi connectivity index (χ4n) is 2.76. The monoisotopic (exact) mass is 368 g/mol. The Morgan fingerprint density at radius 2 is 1.81 bits per heavy atom. The molecule has 0 saturated carbocycles. The van der Waals surface area contributed by atoms with Crippen LogP contribution in [0.4, 0.5) is 11.4 Å². The predicted molar refractivity (Wildman–Crippen MR) is 105 cm³/mol. The highest BCUT2D eigenvalue weighted by Gasteiger charge is 2.19. The van der Waals surface area contributed by atoms with E-state index in [1.165, 1.54) is 12.1 Å². The van der Waals surface area contributed by atoms with Crippen molar-refractivity contribution in [3.05, 3.63) is 92.2 Å². The number of nitro benzene ring substituents is 1. The molecule has 26 heavy (non-hydrogen) atoms. The molecule has 2 aromatic carbocycles. The Kier molecular flexibility index (Phi) is 5.65. The number of aliphatic hydroxyl groups excluding tert-OH is 1. The van der Waals surface area contributed by atoms with Gasteiger partial charge < -0.3 is 10.4 Å². The highest BCUT2D eigenvalue weighted by molar-refractivity contribution is 7.10. The number of hydrogen-bond donors (Lipinski definition) is 2. The Morgan fingerprint density at radius 3 is 2.38 bits per heavy atom. The van der Waals surface area contributed by atoms with E-state index in [2.05, 4.69) is 5.32 Å². The molecule has 5 nitrogen and oxygen atoms in total. The lowest BCUT2D eigenvalue weighted by Crippen LogP contribution is -2.13. The molecule has 0 aliphatic heterocycles. The van der Waals surface area contributed by atoms with Gasteiger partial charge in [-0.05, 0) is 36.1 Å². The van der Waals surface area contributed by atoms with E-state index in [0.29, 0.717) is 6.42 Å². The van der Waals surface area contributed by atoms with Crippen LogP contribution >= 0.6 is 11.3 Å². The zero-order valence-corrected chi connectivity index (χ0v) is 15.1. The predicted octanol–water partition coefficient (Wildman–Crippen LogP) is 5.24. The zero-order valence-electron chi connectivity index (χ0n) is 14.3. The maximum atomic E-state index is 10.8. The SMILES string of the molecule is Cc1ccc([C@@H](O)C[C@@H](Nc2ccc([N+](=O)[O-])cc2)c2cccs2)cc1. The molecule has 0 spiro atoms. The van der Waals surface area contributed by atoms with Gasteiger partial charge in [-0.1, -0.05) is 35.9 Å². The van der Waals surface area contributed by atoms with E-state index in [4.69, 9.17) is 0 Å². The minimum absolute atomic E-state index is 0.0583. The van der Waals surface area contributed by atoms with Crippen molar-refractivity contribution in [1.29, 1.82) is 0 Å². The van der Waals surface area contributed by atoms with E-state index in [-0.39, 0.29) is 11.7 Å². The number of thiophene rings is 1. The van der Waals surface area contributed by atoms with Gasteiger partial charge in [0, 0.05) is 29.1 Å². The first-order valence-electron chi connectivity index (χ1n) is 8.32. The van der Waals surface area contributed by atoms with Crippen molar-refractivity contribution < 1.29 is 10.0 Å². The van der Waals surface area contributed by atoms with Crippen molar-refractivity contribution in [2.24, 2.45) is 0 Å². The summed E-state index contributed by atoms with van der Waals surface area (Å²) in [6, 6.07) is 18.1. The Morgan fingerprint density at radius 1 is 1.12 bits per heavy atom. The molecule has 2 N–H and O–H groups in total. The molecule has 6 heteroatoms. The second-order valence-corrected chi connectivity index (χ2v) is 7.16. The molecule has 3 rings (SSSR count). The van der Waals surface area contributed by atoms with Crippen LogP contribution < -0.4 is 5.32 Å². The highest BCUT2D eigenvalue weighted by Crippen LogP contribution is 2.32. The lowest BCUT2D eigenvalue weighted by Gasteiger charge is -2.22. The molecular weight excluding hydrogens is 348 g/mol. The third-order valence-corrected chi connectivity index (χ3v) is 5.21. The zero-order chi connectivity index (χ0) is 18.5. The smallest absolute Gasteiger partial charge is 0.269 e. The van der Waals surface area contributed by atoms with Crippen LogP contribution in [0.15, 0.2) is 66.0 Å². The van der Waals surface area contributed by atoms with Gasteiger partial charge in [-0.25, -0.2) is 0 Å². The third kappa shape index (κ3) is 4.47. The number of aliphatic hydroxyl groups is 1. The lowest BCUT2D eigenvalue weighted by atomic mass is 10.00. The number of hydrogen-bond acceptors (Lipinski definition) is 5. The molecule has 0 saturated heterocycles. The van der Waals surface area contributed by atoms with Crippen LogP contribution in [0.2, 0.25) is 0 Å². The van der Waals surface area contributed by atoms with Crippen molar-refractivity contribution in [1.82, 2.24) is 0 Å². The lowest BCUT2D eigenvalue weighted by molar-refractivity contribution is -0.384. The average molecular weight is 368 g/mol. The largest absolute Gasteiger partial charge is 0.388 e. The second kappa shape index (κ2) is 8.12. The minimum Gasteiger partial charge on any atom is -0.388 e. The van der Waals surface area contributed by atoms with E-state index >= 15 is 0 Å². The summed E-state index contributed by atoms with van der Waals surface area (Å²) in [6.45, 7) is 2.01. The third-order valence-electron chi connectivity index (χ3n) is 4.23. The Bertz CT molecular complexity index is 846.